The van der Waals surface area contributed by atoms with Crippen LogP contribution in [0.2, 0.25) is 0 Å². The zero-order chi connectivity index (χ0) is 19.9. The molecule has 0 aliphatic carbocycles. The summed E-state index contributed by atoms with van der Waals surface area (Å²) >= 11 is 0. The van der Waals surface area contributed by atoms with Gasteiger partial charge in [-0.15, -0.1) is 12.4 Å². The van der Waals surface area contributed by atoms with Crippen LogP contribution in [0, 0.1) is 11.3 Å². The Kier molecular flexibility index (Phi) is 8.82. The van der Waals surface area contributed by atoms with Crippen molar-refractivity contribution in [2.45, 2.75) is 19.0 Å². The summed E-state index contributed by atoms with van der Waals surface area (Å²) in [5.74, 6) is -0.488. The first-order chi connectivity index (χ1) is 12.8. The Hall–Kier alpha value is -2.70. The van der Waals surface area contributed by atoms with Crippen molar-refractivity contribution in [2.75, 3.05) is 20.2 Å². The minimum absolute atomic E-state index is 0. The van der Waals surface area contributed by atoms with Gasteiger partial charge in [0.2, 0.25) is 5.82 Å². The van der Waals surface area contributed by atoms with E-state index in [0.717, 1.165) is 12.1 Å². The van der Waals surface area contributed by atoms with Gasteiger partial charge in [0.05, 0.1) is 24.9 Å². The molecule has 28 heavy (non-hydrogen) atoms. The second-order valence-corrected chi connectivity index (χ2v) is 5.61. The van der Waals surface area contributed by atoms with Crippen LogP contribution in [0.3, 0.4) is 0 Å². The van der Waals surface area contributed by atoms with Crippen LogP contribution in [-0.2, 0) is 22.1 Å². The molecule has 0 aliphatic heterocycles. The van der Waals surface area contributed by atoms with Crippen LogP contribution in [0.5, 0.6) is 0 Å². The Morgan fingerprint density at radius 1 is 1.29 bits per heavy atom. The van der Waals surface area contributed by atoms with Crippen LogP contribution >= 0.6 is 12.4 Å². The summed E-state index contributed by atoms with van der Waals surface area (Å²) < 4.78 is 43.2. The molecule has 0 spiro atoms. The second-order valence-electron chi connectivity index (χ2n) is 5.61. The Labute approximate surface area is 166 Å². The summed E-state index contributed by atoms with van der Waals surface area (Å²) in [6, 6.07) is 8.15. The third-order valence-corrected chi connectivity index (χ3v) is 3.65. The van der Waals surface area contributed by atoms with E-state index in [9.17, 15) is 18.0 Å². The number of carbonyl (C=O) groups is 1. The zero-order valence-corrected chi connectivity index (χ0v) is 15.7. The van der Waals surface area contributed by atoms with Crippen molar-refractivity contribution in [3.05, 3.63) is 47.4 Å². The fraction of sp³-hybridized carbons (Fsp3) is 0.333. The molecule has 1 aromatic carbocycles. The molecule has 0 fully saturated rings. The van der Waals surface area contributed by atoms with Crippen molar-refractivity contribution in [3.8, 4) is 17.3 Å². The summed E-state index contributed by atoms with van der Waals surface area (Å²) in [6.07, 6.45) is -3.38. The molecule has 0 unspecified atom stereocenters. The van der Waals surface area contributed by atoms with Gasteiger partial charge in [-0.05, 0) is 37.6 Å². The number of rotatable bonds is 7. The van der Waals surface area contributed by atoms with Gasteiger partial charge in [-0.25, -0.2) is 9.97 Å². The van der Waals surface area contributed by atoms with Gasteiger partial charge >= 0.3 is 12.1 Å². The first-order valence-corrected chi connectivity index (χ1v) is 8.06. The number of ether oxygens (including phenoxy) is 1. The second kappa shape index (κ2) is 10.6. The fourth-order valence-electron chi connectivity index (χ4n) is 2.34. The van der Waals surface area contributed by atoms with E-state index >= 15 is 0 Å². The number of esters is 1. The fourth-order valence-corrected chi connectivity index (χ4v) is 2.34. The lowest BCUT2D eigenvalue weighted by molar-refractivity contribution is -0.139. The van der Waals surface area contributed by atoms with Crippen LogP contribution < -0.4 is 5.32 Å². The summed E-state index contributed by atoms with van der Waals surface area (Å²) in [7, 11) is 1.30. The lowest BCUT2D eigenvalue weighted by Gasteiger charge is -2.10. The quantitative estimate of drug-likeness (QED) is 0.553. The van der Waals surface area contributed by atoms with Gasteiger partial charge in [0.25, 0.3) is 0 Å². The zero-order valence-electron chi connectivity index (χ0n) is 14.9. The molecule has 0 amide bonds. The topological polar surface area (TPSA) is 87.9 Å². The molecular weight excluding hydrogens is 397 g/mol. The molecule has 0 saturated heterocycles. The number of nitrogens with zero attached hydrogens (tertiary/aromatic N) is 3. The number of aromatic nitrogens is 2. The monoisotopic (exact) mass is 414 g/mol. The number of benzene rings is 1. The summed E-state index contributed by atoms with van der Waals surface area (Å²) in [5, 5.41) is 12.0. The highest BCUT2D eigenvalue weighted by atomic mass is 35.5. The maximum absolute atomic E-state index is 12.9. The minimum Gasteiger partial charge on any atom is -0.468 e. The molecule has 0 atom stereocenters. The average molecular weight is 415 g/mol. The van der Waals surface area contributed by atoms with Gasteiger partial charge in [-0.3, -0.25) is 4.79 Å². The molecule has 2 rings (SSSR count). The molecule has 1 heterocycles. The third-order valence-electron chi connectivity index (χ3n) is 3.65. The molecule has 0 bridgehead atoms. The number of nitriles is 1. The standard InChI is InChI=1S/C18H17F3N4O2.ClH/c1-27-17(26)11-23-7-3-6-14-9-15(25-16(10-22)24-14)12-4-2-5-13(8-12)18(19,20)21;/h2,4-5,8-9,23H,3,6-7,11H2,1H3;1H. The van der Waals surface area contributed by atoms with Gasteiger partial charge in [-0.2, -0.15) is 18.4 Å². The molecule has 1 N–H and O–H groups in total. The highest BCUT2D eigenvalue weighted by Crippen LogP contribution is 2.31. The maximum atomic E-state index is 12.9. The number of carbonyl (C=O) groups excluding carboxylic acids is 1. The minimum atomic E-state index is -4.46. The SMILES string of the molecule is COC(=O)CNCCCc1cc(-c2cccc(C(F)(F)F)c2)nc(C#N)n1.Cl. The Balaban J connectivity index is 0.00000392. The number of alkyl halides is 3. The molecular formula is C18H18ClF3N4O2. The number of methoxy groups -OCH3 is 1. The number of hydrogen-bond acceptors (Lipinski definition) is 6. The predicted molar refractivity (Wildman–Crippen MR) is 97.6 cm³/mol. The first kappa shape index (κ1) is 23.3. The number of hydrogen-bond donors (Lipinski definition) is 1. The molecule has 0 radical (unpaired) electrons. The van der Waals surface area contributed by atoms with Crippen LogP contribution in [0.15, 0.2) is 30.3 Å². The highest BCUT2D eigenvalue weighted by molar-refractivity contribution is 5.85. The summed E-state index contributed by atoms with van der Waals surface area (Å²) in [5.41, 5.74) is 0.262. The van der Waals surface area contributed by atoms with Gasteiger partial charge in [0, 0.05) is 11.3 Å². The normalized spacial score (nSPS) is 10.7. The van der Waals surface area contributed by atoms with E-state index in [-0.39, 0.29) is 42.0 Å². The van der Waals surface area contributed by atoms with Crippen molar-refractivity contribution < 1.29 is 22.7 Å². The van der Waals surface area contributed by atoms with Crippen molar-refractivity contribution in [1.29, 1.82) is 5.26 Å². The van der Waals surface area contributed by atoms with Crippen LogP contribution in [0.4, 0.5) is 13.2 Å². The van der Waals surface area contributed by atoms with E-state index in [2.05, 4.69) is 20.0 Å². The lowest BCUT2D eigenvalue weighted by atomic mass is 10.1. The van der Waals surface area contributed by atoms with Gasteiger partial charge in [0.1, 0.15) is 6.07 Å². The van der Waals surface area contributed by atoms with Crippen LogP contribution in [0.1, 0.15) is 23.5 Å². The highest BCUT2D eigenvalue weighted by Gasteiger charge is 2.30. The molecule has 0 aliphatic rings. The molecule has 10 heteroatoms. The van der Waals surface area contributed by atoms with Crippen LogP contribution in [0.25, 0.3) is 11.3 Å². The smallest absolute Gasteiger partial charge is 0.416 e. The Morgan fingerprint density at radius 3 is 2.68 bits per heavy atom. The average Bonchev–Trinajstić information content (AvgIpc) is 2.66. The Bertz CT molecular complexity index is 853. The van der Waals surface area contributed by atoms with Crippen molar-refractivity contribution in [3.63, 3.8) is 0 Å². The molecule has 1 aromatic heterocycles. The summed E-state index contributed by atoms with van der Waals surface area (Å²) in [6.45, 7) is 0.596. The van der Waals surface area contributed by atoms with E-state index < -0.39 is 11.7 Å². The largest absolute Gasteiger partial charge is 0.468 e. The molecule has 6 nitrogen and oxygen atoms in total. The van der Waals surface area contributed by atoms with Gasteiger partial charge in [-0.1, -0.05) is 12.1 Å². The number of aryl methyl sites for hydroxylation is 1. The van der Waals surface area contributed by atoms with Crippen molar-refractivity contribution >= 4 is 18.4 Å². The van der Waals surface area contributed by atoms with E-state index in [0.29, 0.717) is 25.1 Å². The molecule has 0 saturated carbocycles. The number of nitrogens with one attached hydrogen (secondary N) is 1. The van der Waals surface area contributed by atoms with Crippen molar-refractivity contribution in [2.24, 2.45) is 0 Å². The van der Waals surface area contributed by atoms with Gasteiger partial charge in [0.15, 0.2) is 0 Å². The van der Waals surface area contributed by atoms with E-state index in [4.69, 9.17) is 5.26 Å². The third kappa shape index (κ3) is 6.79. The van der Waals surface area contributed by atoms with Crippen molar-refractivity contribution in [1.82, 2.24) is 15.3 Å². The summed E-state index contributed by atoms with van der Waals surface area (Å²) in [4.78, 5) is 19.1. The van der Waals surface area contributed by atoms with E-state index in [1.807, 2.05) is 6.07 Å². The lowest BCUT2D eigenvalue weighted by Crippen LogP contribution is -2.25. The van der Waals surface area contributed by atoms with E-state index in [1.54, 1.807) is 6.07 Å². The maximum Gasteiger partial charge on any atom is 0.416 e. The number of halogens is 4. The molecule has 2 aromatic rings. The Morgan fingerprint density at radius 2 is 2.04 bits per heavy atom. The molecule has 150 valence electrons. The van der Waals surface area contributed by atoms with E-state index in [1.165, 1.54) is 19.2 Å². The predicted octanol–water partition coefficient (Wildman–Crippen LogP) is 3.15. The van der Waals surface area contributed by atoms with Crippen LogP contribution in [-0.4, -0.2) is 36.1 Å². The first-order valence-electron chi connectivity index (χ1n) is 8.06. The van der Waals surface area contributed by atoms with Gasteiger partial charge < -0.3 is 10.1 Å².